The van der Waals surface area contributed by atoms with E-state index in [2.05, 4.69) is 4.98 Å². The summed E-state index contributed by atoms with van der Waals surface area (Å²) in [5.41, 5.74) is 7.05. The van der Waals surface area contributed by atoms with Crippen LogP contribution in [0.2, 0.25) is 0 Å². The van der Waals surface area contributed by atoms with Crippen molar-refractivity contribution in [2.24, 2.45) is 5.73 Å². The van der Waals surface area contributed by atoms with E-state index in [0.29, 0.717) is 17.3 Å². The maximum absolute atomic E-state index is 13.3. The lowest BCUT2D eigenvalue weighted by molar-refractivity contribution is 0.411. The summed E-state index contributed by atoms with van der Waals surface area (Å²) in [5.74, 6) is 0.931. The first-order valence-electron chi connectivity index (χ1n) is 5.24. The molecule has 0 saturated heterocycles. The molecule has 0 aliphatic rings. The molecular formula is C12H14FN3O. The van der Waals surface area contributed by atoms with Crippen molar-refractivity contribution in [3.63, 3.8) is 0 Å². The highest BCUT2D eigenvalue weighted by atomic mass is 19.1. The maximum Gasteiger partial charge on any atom is 0.143 e. The van der Waals surface area contributed by atoms with Crippen molar-refractivity contribution in [1.29, 1.82) is 0 Å². The van der Waals surface area contributed by atoms with E-state index in [1.807, 2.05) is 6.92 Å². The van der Waals surface area contributed by atoms with Gasteiger partial charge in [0, 0.05) is 12.3 Å². The number of imidazole rings is 1. The fourth-order valence-corrected chi connectivity index (χ4v) is 1.75. The Hall–Kier alpha value is -1.88. The van der Waals surface area contributed by atoms with Gasteiger partial charge in [0.1, 0.15) is 17.4 Å². The van der Waals surface area contributed by atoms with Crippen LogP contribution in [0.3, 0.4) is 0 Å². The Kier molecular flexibility index (Phi) is 3.10. The second-order valence-corrected chi connectivity index (χ2v) is 3.69. The first kappa shape index (κ1) is 11.6. The zero-order chi connectivity index (χ0) is 12.4. The summed E-state index contributed by atoms with van der Waals surface area (Å²) < 4.78 is 20.2. The van der Waals surface area contributed by atoms with Crippen molar-refractivity contribution in [1.82, 2.24) is 9.55 Å². The molecule has 1 heterocycles. The zero-order valence-electron chi connectivity index (χ0n) is 9.77. The molecule has 5 heteroatoms. The zero-order valence-corrected chi connectivity index (χ0v) is 9.77. The van der Waals surface area contributed by atoms with Crippen molar-refractivity contribution in [2.75, 3.05) is 7.11 Å². The SMILES string of the molecule is COc1ccc(F)cc1-n1cc(C)nc1CN. The van der Waals surface area contributed by atoms with E-state index < -0.39 is 0 Å². The molecule has 0 bridgehead atoms. The minimum atomic E-state index is -0.324. The largest absolute Gasteiger partial charge is 0.495 e. The monoisotopic (exact) mass is 235 g/mol. The third kappa shape index (κ3) is 2.14. The van der Waals surface area contributed by atoms with Gasteiger partial charge < -0.3 is 10.5 Å². The fourth-order valence-electron chi connectivity index (χ4n) is 1.75. The second-order valence-electron chi connectivity index (χ2n) is 3.69. The molecule has 2 aromatic rings. The van der Waals surface area contributed by atoms with Crippen LogP contribution in [0.25, 0.3) is 5.69 Å². The molecule has 0 spiro atoms. The molecule has 1 aromatic carbocycles. The molecule has 0 aliphatic heterocycles. The van der Waals surface area contributed by atoms with Gasteiger partial charge in [0.15, 0.2) is 0 Å². The Balaban J connectivity index is 2.61. The Morgan fingerprint density at radius 1 is 1.47 bits per heavy atom. The highest BCUT2D eigenvalue weighted by Gasteiger charge is 2.11. The summed E-state index contributed by atoms with van der Waals surface area (Å²) in [6.45, 7) is 2.15. The van der Waals surface area contributed by atoms with Crippen molar-refractivity contribution in [3.05, 3.63) is 41.7 Å². The molecule has 17 heavy (non-hydrogen) atoms. The third-order valence-corrected chi connectivity index (χ3v) is 2.48. The van der Waals surface area contributed by atoms with Gasteiger partial charge in [-0.1, -0.05) is 0 Å². The molecule has 0 saturated carbocycles. The number of aryl methyl sites for hydroxylation is 1. The van der Waals surface area contributed by atoms with Crippen molar-refractivity contribution in [2.45, 2.75) is 13.5 Å². The Morgan fingerprint density at radius 3 is 2.88 bits per heavy atom. The number of nitrogens with zero attached hydrogens (tertiary/aromatic N) is 2. The van der Waals surface area contributed by atoms with Crippen LogP contribution in [-0.4, -0.2) is 16.7 Å². The van der Waals surface area contributed by atoms with Gasteiger partial charge in [-0.15, -0.1) is 0 Å². The lowest BCUT2D eigenvalue weighted by Gasteiger charge is -2.11. The highest BCUT2D eigenvalue weighted by molar-refractivity contribution is 5.48. The highest BCUT2D eigenvalue weighted by Crippen LogP contribution is 2.25. The lowest BCUT2D eigenvalue weighted by Crippen LogP contribution is -2.07. The van der Waals surface area contributed by atoms with Crippen molar-refractivity contribution >= 4 is 0 Å². The molecule has 0 fully saturated rings. The number of nitrogens with two attached hydrogens (primary N) is 1. The molecule has 0 radical (unpaired) electrons. The van der Waals surface area contributed by atoms with Gasteiger partial charge in [-0.3, -0.25) is 4.57 Å². The van der Waals surface area contributed by atoms with Crippen LogP contribution >= 0.6 is 0 Å². The van der Waals surface area contributed by atoms with Crippen LogP contribution in [-0.2, 0) is 6.54 Å². The van der Waals surface area contributed by atoms with E-state index in [1.54, 1.807) is 23.9 Å². The summed E-state index contributed by atoms with van der Waals surface area (Å²) in [4.78, 5) is 4.27. The average Bonchev–Trinajstić information content (AvgIpc) is 2.70. The molecule has 2 rings (SSSR count). The molecule has 4 nitrogen and oxygen atoms in total. The number of rotatable bonds is 3. The third-order valence-electron chi connectivity index (χ3n) is 2.48. The van der Waals surface area contributed by atoms with Crippen molar-refractivity contribution in [3.8, 4) is 11.4 Å². The van der Waals surface area contributed by atoms with Crippen LogP contribution in [0, 0.1) is 12.7 Å². The smallest absolute Gasteiger partial charge is 0.143 e. The van der Waals surface area contributed by atoms with Gasteiger partial charge in [0.25, 0.3) is 0 Å². The fraction of sp³-hybridized carbons (Fsp3) is 0.250. The van der Waals surface area contributed by atoms with Crippen LogP contribution in [0.5, 0.6) is 5.75 Å². The normalized spacial score (nSPS) is 10.6. The topological polar surface area (TPSA) is 53.1 Å². The van der Waals surface area contributed by atoms with E-state index in [-0.39, 0.29) is 12.4 Å². The predicted molar refractivity (Wildman–Crippen MR) is 62.7 cm³/mol. The van der Waals surface area contributed by atoms with E-state index >= 15 is 0 Å². The predicted octanol–water partition coefficient (Wildman–Crippen LogP) is 1.79. The Labute approximate surface area is 98.8 Å². The van der Waals surface area contributed by atoms with Gasteiger partial charge in [-0.25, -0.2) is 9.37 Å². The number of halogens is 1. The van der Waals surface area contributed by atoms with Gasteiger partial charge in [0.2, 0.25) is 0 Å². The van der Waals surface area contributed by atoms with Crippen molar-refractivity contribution < 1.29 is 9.13 Å². The number of hydrogen-bond donors (Lipinski definition) is 1. The number of ether oxygens (including phenoxy) is 1. The minimum Gasteiger partial charge on any atom is -0.495 e. The second kappa shape index (κ2) is 4.55. The average molecular weight is 235 g/mol. The summed E-state index contributed by atoms with van der Waals surface area (Å²) in [6, 6.07) is 4.34. The number of methoxy groups -OCH3 is 1. The summed E-state index contributed by atoms with van der Waals surface area (Å²) >= 11 is 0. The first-order chi connectivity index (χ1) is 8.15. The van der Waals surface area contributed by atoms with Gasteiger partial charge in [0.05, 0.1) is 25.0 Å². The minimum absolute atomic E-state index is 0.285. The number of aromatic nitrogens is 2. The number of benzene rings is 1. The van der Waals surface area contributed by atoms with Gasteiger partial charge in [-0.05, 0) is 19.1 Å². The van der Waals surface area contributed by atoms with E-state index in [4.69, 9.17) is 10.5 Å². The van der Waals surface area contributed by atoms with Gasteiger partial charge in [-0.2, -0.15) is 0 Å². The molecule has 90 valence electrons. The molecule has 1 aromatic heterocycles. The summed E-state index contributed by atoms with van der Waals surface area (Å²) in [6.07, 6.45) is 1.81. The summed E-state index contributed by atoms with van der Waals surface area (Å²) in [7, 11) is 1.54. The molecule has 0 atom stereocenters. The van der Waals surface area contributed by atoms with Crippen LogP contribution in [0.15, 0.2) is 24.4 Å². The maximum atomic E-state index is 13.3. The van der Waals surface area contributed by atoms with E-state index in [0.717, 1.165) is 5.69 Å². The standard InChI is InChI=1S/C12H14FN3O/c1-8-7-16(12(6-14)15-8)10-5-9(13)3-4-11(10)17-2/h3-5,7H,6,14H2,1-2H3. The van der Waals surface area contributed by atoms with E-state index in [1.165, 1.54) is 12.1 Å². The lowest BCUT2D eigenvalue weighted by atomic mass is 10.2. The molecule has 0 aliphatic carbocycles. The molecule has 2 N–H and O–H groups in total. The Morgan fingerprint density at radius 2 is 2.24 bits per heavy atom. The van der Waals surface area contributed by atoms with Gasteiger partial charge >= 0.3 is 0 Å². The van der Waals surface area contributed by atoms with Crippen LogP contribution < -0.4 is 10.5 Å². The van der Waals surface area contributed by atoms with Crippen LogP contribution in [0.1, 0.15) is 11.5 Å². The molecular weight excluding hydrogens is 221 g/mol. The first-order valence-corrected chi connectivity index (χ1v) is 5.24. The summed E-state index contributed by atoms with van der Waals surface area (Å²) in [5, 5.41) is 0. The molecule has 0 amide bonds. The quantitative estimate of drug-likeness (QED) is 0.882. The van der Waals surface area contributed by atoms with E-state index in [9.17, 15) is 4.39 Å². The van der Waals surface area contributed by atoms with Crippen LogP contribution in [0.4, 0.5) is 4.39 Å². The number of hydrogen-bond acceptors (Lipinski definition) is 3. The Bertz CT molecular complexity index is 537. The molecule has 0 unspecified atom stereocenters.